The largest absolute Gasteiger partial charge is 0.281 e. The number of sulfonamides is 1. The van der Waals surface area contributed by atoms with Crippen molar-refractivity contribution in [2.75, 3.05) is 10.5 Å². The first kappa shape index (κ1) is 21.9. The maximum absolute atomic E-state index is 15.2. The van der Waals surface area contributed by atoms with Gasteiger partial charge >= 0.3 is 0 Å². The summed E-state index contributed by atoms with van der Waals surface area (Å²) in [6.45, 7) is 3.63. The van der Waals surface area contributed by atoms with Crippen LogP contribution < -0.4 is 4.72 Å². The first-order chi connectivity index (χ1) is 13.8. The lowest BCUT2D eigenvalue weighted by molar-refractivity contribution is 0.587. The van der Waals surface area contributed by atoms with Gasteiger partial charge < -0.3 is 0 Å². The Morgan fingerprint density at radius 3 is 2.52 bits per heavy atom. The molecule has 0 amide bonds. The van der Waals surface area contributed by atoms with E-state index in [-0.39, 0.29) is 17.0 Å². The van der Waals surface area contributed by atoms with Gasteiger partial charge in [-0.25, -0.2) is 17.2 Å². The van der Waals surface area contributed by atoms with Gasteiger partial charge in [0.2, 0.25) is 10.0 Å². The molecule has 0 atom stereocenters. The van der Waals surface area contributed by atoms with Crippen molar-refractivity contribution in [2.45, 2.75) is 31.1 Å². The molecule has 0 aliphatic carbocycles. The average Bonchev–Trinajstić information content (AvgIpc) is 2.69. The smallest absolute Gasteiger partial charge is 0.232 e. The number of aromatic nitrogens is 1. The number of fused-ring (bicyclic) bond motifs is 1. The summed E-state index contributed by atoms with van der Waals surface area (Å²) in [5.74, 6) is -1.80. The Balaban J connectivity index is 2.19. The first-order valence-corrected chi connectivity index (χ1v) is 12.4. The molecule has 4 nitrogen and oxygen atoms in total. The number of nitrogens with zero attached hydrogens (tertiary/aromatic N) is 1. The van der Waals surface area contributed by atoms with E-state index in [2.05, 4.69) is 32.3 Å². The van der Waals surface area contributed by atoms with E-state index in [0.717, 1.165) is 38.6 Å². The summed E-state index contributed by atoms with van der Waals surface area (Å²) in [4.78, 5) is 4.36. The molecule has 0 saturated carbocycles. The number of hydrogen-bond donors (Lipinski definition) is 1. The summed E-state index contributed by atoms with van der Waals surface area (Å²) < 4.78 is 57.1. The highest BCUT2D eigenvalue weighted by Crippen LogP contribution is 2.36. The summed E-state index contributed by atoms with van der Waals surface area (Å²) >= 11 is 2.23. The van der Waals surface area contributed by atoms with Gasteiger partial charge in [0, 0.05) is 16.0 Å². The van der Waals surface area contributed by atoms with Crippen LogP contribution in [0.3, 0.4) is 0 Å². The second-order valence-corrected chi connectivity index (χ2v) is 9.33. The van der Waals surface area contributed by atoms with Crippen molar-refractivity contribution in [1.82, 2.24) is 4.98 Å². The fourth-order valence-corrected chi connectivity index (χ4v) is 4.80. The minimum Gasteiger partial charge on any atom is -0.281 e. The second kappa shape index (κ2) is 8.91. The summed E-state index contributed by atoms with van der Waals surface area (Å²) in [7, 11) is -3.70. The number of rotatable bonds is 7. The third-order valence-corrected chi connectivity index (χ3v) is 6.88. The van der Waals surface area contributed by atoms with Crippen molar-refractivity contribution < 1.29 is 17.2 Å². The first-order valence-electron chi connectivity index (χ1n) is 9.26. The maximum atomic E-state index is 15.2. The van der Waals surface area contributed by atoms with Crippen LogP contribution in [0.25, 0.3) is 21.9 Å². The molecule has 0 unspecified atom stereocenters. The summed E-state index contributed by atoms with van der Waals surface area (Å²) in [6.07, 6.45) is 2.65. The quantitative estimate of drug-likeness (QED) is 0.309. The molecule has 0 spiro atoms. The number of anilines is 1. The van der Waals surface area contributed by atoms with Crippen LogP contribution in [0, 0.1) is 11.6 Å². The van der Waals surface area contributed by atoms with E-state index < -0.39 is 21.7 Å². The van der Waals surface area contributed by atoms with Crippen molar-refractivity contribution in [1.29, 1.82) is 0 Å². The molecule has 0 saturated heterocycles. The zero-order valence-electron chi connectivity index (χ0n) is 16.1. The van der Waals surface area contributed by atoms with Crippen LogP contribution in [0.15, 0.2) is 36.5 Å². The van der Waals surface area contributed by atoms with Crippen LogP contribution in [-0.2, 0) is 20.9 Å². The zero-order chi connectivity index (χ0) is 21.2. The van der Waals surface area contributed by atoms with E-state index >= 15 is 4.39 Å². The SMILES string of the molecule is CCCS(=O)(=O)Nc1ccc(F)c(-c2cc3cnc(CI)cc3cc2CC)c1F. The Bertz CT molecular complexity index is 1170. The van der Waals surface area contributed by atoms with E-state index in [1.165, 1.54) is 0 Å². The summed E-state index contributed by atoms with van der Waals surface area (Å²) in [6, 6.07) is 7.79. The van der Waals surface area contributed by atoms with E-state index in [4.69, 9.17) is 0 Å². The molecule has 2 aromatic carbocycles. The normalized spacial score (nSPS) is 11.8. The predicted molar refractivity (Wildman–Crippen MR) is 122 cm³/mol. The van der Waals surface area contributed by atoms with Crippen LogP contribution in [-0.4, -0.2) is 19.2 Å². The molecule has 29 heavy (non-hydrogen) atoms. The van der Waals surface area contributed by atoms with Gasteiger partial charge in [-0.2, -0.15) is 0 Å². The zero-order valence-corrected chi connectivity index (χ0v) is 19.1. The molecular formula is C21H21F2IN2O2S. The highest BCUT2D eigenvalue weighted by molar-refractivity contribution is 14.1. The Hall–Kier alpha value is -1.81. The lowest BCUT2D eigenvalue weighted by Crippen LogP contribution is -2.17. The van der Waals surface area contributed by atoms with Crippen LogP contribution in [0.2, 0.25) is 0 Å². The second-order valence-electron chi connectivity index (χ2n) is 6.72. The molecule has 0 fully saturated rings. The number of benzene rings is 2. The van der Waals surface area contributed by atoms with E-state index in [9.17, 15) is 12.8 Å². The lowest BCUT2D eigenvalue weighted by Gasteiger charge is -2.15. The van der Waals surface area contributed by atoms with Gasteiger partial charge in [-0.1, -0.05) is 42.5 Å². The van der Waals surface area contributed by atoms with Crippen LogP contribution in [0.5, 0.6) is 0 Å². The molecule has 1 aromatic heterocycles. The van der Waals surface area contributed by atoms with Gasteiger partial charge in [-0.15, -0.1) is 0 Å². The number of hydrogen-bond acceptors (Lipinski definition) is 3. The van der Waals surface area contributed by atoms with Crippen molar-refractivity contribution in [3.8, 4) is 11.1 Å². The number of halogens is 3. The highest BCUT2D eigenvalue weighted by Gasteiger charge is 2.21. The minimum absolute atomic E-state index is 0.139. The molecular weight excluding hydrogens is 509 g/mol. The number of aryl methyl sites for hydroxylation is 1. The third-order valence-electron chi connectivity index (χ3n) is 4.62. The third kappa shape index (κ3) is 4.69. The fraction of sp³-hybridized carbons (Fsp3) is 0.286. The van der Waals surface area contributed by atoms with Crippen molar-refractivity contribution in [2.24, 2.45) is 0 Å². The molecule has 8 heteroatoms. The van der Waals surface area contributed by atoms with E-state index in [1.807, 2.05) is 19.1 Å². The van der Waals surface area contributed by atoms with Gasteiger partial charge in [-0.3, -0.25) is 9.71 Å². The molecule has 0 bridgehead atoms. The summed E-state index contributed by atoms with van der Waals surface area (Å²) in [5, 5.41) is 1.72. The molecule has 0 radical (unpaired) electrons. The maximum Gasteiger partial charge on any atom is 0.232 e. The molecule has 3 rings (SSSR count). The number of nitrogens with one attached hydrogen (secondary N) is 1. The van der Waals surface area contributed by atoms with Crippen LogP contribution in [0.1, 0.15) is 31.5 Å². The van der Waals surface area contributed by atoms with Gasteiger partial charge in [0.05, 0.1) is 22.7 Å². The molecule has 1 N–H and O–H groups in total. The van der Waals surface area contributed by atoms with Gasteiger partial charge in [0.15, 0.2) is 5.82 Å². The Kier molecular flexibility index (Phi) is 6.72. The predicted octanol–water partition coefficient (Wildman–Crippen LogP) is 5.83. The van der Waals surface area contributed by atoms with Gasteiger partial charge in [0.25, 0.3) is 0 Å². The summed E-state index contributed by atoms with van der Waals surface area (Å²) in [5.41, 5.74) is 1.61. The lowest BCUT2D eigenvalue weighted by atomic mass is 9.93. The number of alkyl halides is 1. The van der Waals surface area contributed by atoms with E-state index in [0.29, 0.717) is 18.4 Å². The molecule has 0 aliphatic rings. The monoisotopic (exact) mass is 530 g/mol. The topological polar surface area (TPSA) is 59.1 Å². The average molecular weight is 530 g/mol. The van der Waals surface area contributed by atoms with Crippen molar-refractivity contribution in [3.63, 3.8) is 0 Å². The standard InChI is InChI=1S/C21H21F2IN2O2S/c1-3-7-29(27,28)26-19-6-5-18(22)20(21(19)23)17-10-15-12-25-16(11-24)9-14(15)8-13(17)4-2/h5-6,8-10,12,26H,3-4,7,11H2,1-2H3. The Morgan fingerprint density at radius 1 is 1.10 bits per heavy atom. The number of pyridine rings is 1. The van der Waals surface area contributed by atoms with Gasteiger partial charge in [-0.05, 0) is 53.6 Å². The molecule has 0 aliphatic heterocycles. The Labute approximate surface area is 182 Å². The van der Waals surface area contributed by atoms with Crippen molar-refractivity contribution in [3.05, 3.63) is 59.4 Å². The van der Waals surface area contributed by atoms with Crippen LogP contribution in [0.4, 0.5) is 14.5 Å². The van der Waals surface area contributed by atoms with Crippen molar-refractivity contribution >= 4 is 49.1 Å². The van der Waals surface area contributed by atoms with Crippen LogP contribution >= 0.6 is 22.6 Å². The fourth-order valence-electron chi connectivity index (χ4n) is 3.25. The minimum atomic E-state index is -3.70. The molecule has 154 valence electrons. The van der Waals surface area contributed by atoms with E-state index in [1.54, 1.807) is 19.2 Å². The Morgan fingerprint density at radius 2 is 1.86 bits per heavy atom. The molecule has 3 aromatic rings. The molecule has 1 heterocycles. The van der Waals surface area contributed by atoms with Gasteiger partial charge in [0.1, 0.15) is 5.82 Å². The highest BCUT2D eigenvalue weighted by atomic mass is 127.